The van der Waals surface area contributed by atoms with E-state index in [1.165, 1.54) is 6.07 Å². The number of nitrogens with one attached hydrogen (secondary N) is 1. The van der Waals surface area contributed by atoms with Crippen LogP contribution in [-0.4, -0.2) is 26.8 Å². The van der Waals surface area contributed by atoms with Crippen LogP contribution >= 0.6 is 0 Å². The first-order chi connectivity index (χ1) is 11.5. The van der Waals surface area contributed by atoms with Crippen molar-refractivity contribution in [2.75, 3.05) is 7.05 Å². The number of fused-ring (bicyclic) bond motifs is 1. The van der Waals surface area contributed by atoms with E-state index in [-0.39, 0.29) is 18.5 Å². The fourth-order valence-electron chi connectivity index (χ4n) is 2.43. The van der Waals surface area contributed by atoms with Crippen molar-refractivity contribution in [2.45, 2.75) is 19.6 Å². The second kappa shape index (κ2) is 6.48. The molecular weight excluding hydrogens is 316 g/mol. The molecule has 1 aromatic carbocycles. The monoisotopic (exact) mass is 333 g/mol. The fourth-order valence-corrected chi connectivity index (χ4v) is 2.43. The minimum atomic E-state index is -0.945. The van der Waals surface area contributed by atoms with Crippen LogP contribution in [0.1, 0.15) is 24.4 Å². The van der Waals surface area contributed by atoms with Crippen molar-refractivity contribution >= 4 is 10.8 Å². The molecule has 0 saturated carbocycles. The highest BCUT2D eigenvalue weighted by atomic mass is 19.2. The average Bonchev–Trinajstić information content (AvgIpc) is 2.98. The van der Waals surface area contributed by atoms with Crippen LogP contribution in [0.3, 0.4) is 0 Å². The Labute approximate surface area is 137 Å². The number of halogens is 2. The van der Waals surface area contributed by atoms with Gasteiger partial charge in [-0.05, 0) is 37.1 Å². The van der Waals surface area contributed by atoms with Gasteiger partial charge >= 0.3 is 0 Å². The molecule has 1 atom stereocenters. The van der Waals surface area contributed by atoms with Gasteiger partial charge in [0.2, 0.25) is 5.88 Å². The molecule has 1 unspecified atom stereocenters. The standard InChI is InChI=1S/C16H17F2N5O/c1-9(19-2)12-6-20-16(24-7-15-21-8-23(3)22-15)11-5-14(18)13(17)4-10(11)12/h4-6,8-9,19H,7H2,1-3H3. The zero-order chi connectivity index (χ0) is 17.3. The third-order valence-electron chi connectivity index (χ3n) is 3.81. The van der Waals surface area contributed by atoms with E-state index in [0.717, 1.165) is 11.6 Å². The summed E-state index contributed by atoms with van der Waals surface area (Å²) < 4.78 is 34.6. The van der Waals surface area contributed by atoms with Gasteiger partial charge in [0.1, 0.15) is 6.33 Å². The number of nitrogens with zero attached hydrogens (tertiary/aromatic N) is 4. The average molecular weight is 333 g/mol. The Balaban J connectivity index is 2.03. The normalized spacial score (nSPS) is 12.5. The SMILES string of the molecule is CNC(C)c1cnc(OCc2ncn(C)n2)c2cc(F)c(F)cc12. The predicted octanol–water partition coefficient (Wildman–Crippen LogP) is 2.50. The van der Waals surface area contributed by atoms with Crippen molar-refractivity contribution in [1.29, 1.82) is 0 Å². The van der Waals surface area contributed by atoms with Crippen LogP contribution in [0.15, 0.2) is 24.7 Å². The highest BCUT2D eigenvalue weighted by molar-refractivity contribution is 5.90. The van der Waals surface area contributed by atoms with E-state index in [1.807, 2.05) is 6.92 Å². The summed E-state index contributed by atoms with van der Waals surface area (Å²) in [6.45, 7) is 2.00. The maximum Gasteiger partial charge on any atom is 0.221 e. The molecule has 0 aliphatic rings. The van der Waals surface area contributed by atoms with Gasteiger partial charge in [-0.15, -0.1) is 0 Å². The molecule has 0 aliphatic carbocycles. The van der Waals surface area contributed by atoms with Crippen LogP contribution < -0.4 is 10.1 Å². The smallest absolute Gasteiger partial charge is 0.221 e. The highest BCUT2D eigenvalue weighted by Crippen LogP contribution is 2.31. The Kier molecular flexibility index (Phi) is 4.39. The lowest BCUT2D eigenvalue weighted by atomic mass is 10.0. The van der Waals surface area contributed by atoms with Crippen molar-refractivity contribution in [2.24, 2.45) is 7.05 Å². The molecule has 24 heavy (non-hydrogen) atoms. The molecule has 0 aliphatic heterocycles. The van der Waals surface area contributed by atoms with Gasteiger partial charge in [-0.25, -0.2) is 18.7 Å². The second-order valence-electron chi connectivity index (χ2n) is 5.46. The molecule has 126 valence electrons. The zero-order valence-corrected chi connectivity index (χ0v) is 13.5. The molecule has 6 nitrogen and oxygen atoms in total. The summed E-state index contributed by atoms with van der Waals surface area (Å²) in [5.74, 6) is -1.17. The van der Waals surface area contributed by atoms with Crippen LogP contribution in [0.2, 0.25) is 0 Å². The number of rotatable bonds is 5. The number of hydrogen-bond acceptors (Lipinski definition) is 5. The zero-order valence-electron chi connectivity index (χ0n) is 13.5. The molecule has 0 saturated heterocycles. The van der Waals surface area contributed by atoms with Crippen molar-refractivity contribution in [3.63, 3.8) is 0 Å². The molecule has 0 bridgehead atoms. The van der Waals surface area contributed by atoms with E-state index < -0.39 is 11.6 Å². The van der Waals surface area contributed by atoms with Crippen LogP contribution in [0.4, 0.5) is 8.78 Å². The highest BCUT2D eigenvalue weighted by Gasteiger charge is 2.16. The summed E-state index contributed by atoms with van der Waals surface area (Å²) >= 11 is 0. The molecule has 1 N–H and O–H groups in total. The number of ether oxygens (including phenoxy) is 1. The van der Waals surface area contributed by atoms with Crippen LogP contribution in [0.5, 0.6) is 5.88 Å². The van der Waals surface area contributed by atoms with E-state index in [0.29, 0.717) is 16.6 Å². The van der Waals surface area contributed by atoms with Crippen LogP contribution in [0, 0.1) is 11.6 Å². The number of aromatic nitrogens is 4. The predicted molar refractivity (Wildman–Crippen MR) is 84.5 cm³/mol. The lowest BCUT2D eigenvalue weighted by molar-refractivity contribution is 0.287. The van der Waals surface area contributed by atoms with E-state index in [1.54, 1.807) is 31.3 Å². The lowest BCUT2D eigenvalue weighted by Crippen LogP contribution is -2.13. The number of benzene rings is 1. The van der Waals surface area contributed by atoms with Crippen molar-refractivity contribution < 1.29 is 13.5 Å². The Morgan fingerprint density at radius 3 is 2.54 bits per heavy atom. The molecule has 8 heteroatoms. The topological polar surface area (TPSA) is 64.9 Å². The van der Waals surface area contributed by atoms with Crippen LogP contribution in [0.25, 0.3) is 10.8 Å². The van der Waals surface area contributed by atoms with Gasteiger partial charge in [-0.3, -0.25) is 4.68 Å². The third-order valence-corrected chi connectivity index (χ3v) is 3.81. The Bertz CT molecular complexity index is 880. The van der Waals surface area contributed by atoms with Gasteiger partial charge in [0.15, 0.2) is 24.1 Å². The summed E-state index contributed by atoms with van der Waals surface area (Å²) in [5.41, 5.74) is 0.759. The molecule has 3 rings (SSSR count). The first-order valence-electron chi connectivity index (χ1n) is 7.42. The summed E-state index contributed by atoms with van der Waals surface area (Å²) in [6, 6.07) is 2.20. The molecule has 2 heterocycles. The van der Waals surface area contributed by atoms with Gasteiger partial charge in [0.25, 0.3) is 0 Å². The minimum absolute atomic E-state index is 0.0728. The Hall–Kier alpha value is -2.61. The first-order valence-corrected chi connectivity index (χ1v) is 7.42. The maximum absolute atomic E-state index is 13.7. The van der Waals surface area contributed by atoms with Crippen LogP contribution in [-0.2, 0) is 13.7 Å². The summed E-state index contributed by atoms with van der Waals surface area (Å²) in [6.07, 6.45) is 3.15. The fraction of sp³-hybridized carbons (Fsp3) is 0.312. The van der Waals surface area contributed by atoms with Crippen molar-refractivity contribution in [3.05, 3.63) is 47.7 Å². The molecular formula is C16H17F2N5O. The molecule has 0 amide bonds. The van der Waals surface area contributed by atoms with E-state index in [2.05, 4.69) is 20.4 Å². The molecule has 0 spiro atoms. The minimum Gasteiger partial charge on any atom is -0.469 e. The maximum atomic E-state index is 13.7. The molecule has 2 aromatic heterocycles. The number of hydrogen-bond donors (Lipinski definition) is 1. The third kappa shape index (κ3) is 3.05. The van der Waals surface area contributed by atoms with E-state index in [9.17, 15) is 8.78 Å². The van der Waals surface area contributed by atoms with Gasteiger partial charge in [-0.2, -0.15) is 5.10 Å². The van der Waals surface area contributed by atoms with Crippen molar-refractivity contribution in [3.8, 4) is 5.88 Å². The van der Waals surface area contributed by atoms with Gasteiger partial charge in [0.05, 0.1) is 0 Å². The number of aryl methyl sites for hydroxylation is 1. The molecule has 0 radical (unpaired) electrons. The van der Waals surface area contributed by atoms with Crippen molar-refractivity contribution in [1.82, 2.24) is 25.1 Å². The van der Waals surface area contributed by atoms with Gasteiger partial charge < -0.3 is 10.1 Å². The molecule has 3 aromatic rings. The second-order valence-corrected chi connectivity index (χ2v) is 5.46. The largest absolute Gasteiger partial charge is 0.469 e. The van der Waals surface area contributed by atoms with Gasteiger partial charge in [-0.1, -0.05) is 0 Å². The lowest BCUT2D eigenvalue weighted by Gasteiger charge is -2.15. The van der Waals surface area contributed by atoms with Gasteiger partial charge in [0, 0.05) is 24.7 Å². The summed E-state index contributed by atoms with van der Waals surface area (Å²) in [5, 5.41) is 8.13. The van der Waals surface area contributed by atoms with E-state index in [4.69, 9.17) is 4.74 Å². The quantitative estimate of drug-likeness (QED) is 0.777. The Morgan fingerprint density at radius 2 is 1.92 bits per heavy atom. The molecule has 0 fully saturated rings. The Morgan fingerprint density at radius 1 is 1.21 bits per heavy atom. The number of pyridine rings is 1. The first kappa shape index (κ1) is 16.3. The summed E-state index contributed by atoms with van der Waals surface area (Å²) in [4.78, 5) is 8.31. The summed E-state index contributed by atoms with van der Waals surface area (Å²) in [7, 11) is 3.53. The van der Waals surface area contributed by atoms with E-state index >= 15 is 0 Å².